The lowest BCUT2D eigenvalue weighted by atomic mass is 10.0. The third kappa shape index (κ3) is 5.98. The highest BCUT2D eigenvalue weighted by atomic mass is 32.2. The largest absolute Gasteiger partial charge is 0.434 e. The summed E-state index contributed by atoms with van der Waals surface area (Å²) in [4.78, 5) is 49.5. The summed E-state index contributed by atoms with van der Waals surface area (Å²) >= 11 is 0. The summed E-state index contributed by atoms with van der Waals surface area (Å²) < 4.78 is 32.5. The minimum atomic E-state index is -3.85. The Hall–Kier alpha value is -3.29. The van der Waals surface area contributed by atoms with Crippen LogP contribution in [-0.2, 0) is 33.9 Å². The molecule has 2 aliphatic heterocycles. The molecule has 184 valence electrons. The Labute approximate surface area is 196 Å². The third-order valence-electron chi connectivity index (χ3n) is 5.53. The maximum Gasteiger partial charge on any atom is 0.310 e. The van der Waals surface area contributed by atoms with Gasteiger partial charge in [-0.05, 0) is 30.5 Å². The van der Waals surface area contributed by atoms with E-state index in [9.17, 15) is 32.7 Å². The van der Waals surface area contributed by atoms with Crippen LogP contribution in [0, 0.1) is 12.8 Å². The third-order valence-corrected chi connectivity index (χ3v) is 7.09. The number of hydrogen-bond donors (Lipinski definition) is 4. The minimum absolute atomic E-state index is 0.0443. The molecule has 13 heteroatoms. The van der Waals surface area contributed by atoms with Gasteiger partial charge in [0, 0.05) is 13.1 Å². The van der Waals surface area contributed by atoms with Gasteiger partial charge in [-0.25, -0.2) is 13.1 Å². The zero-order valence-electron chi connectivity index (χ0n) is 18.4. The lowest BCUT2D eigenvalue weighted by Gasteiger charge is -2.25. The zero-order valence-corrected chi connectivity index (χ0v) is 19.2. The minimum Gasteiger partial charge on any atom is -0.434 e. The molecule has 0 bridgehead atoms. The molecule has 0 aromatic heterocycles. The number of aliphatic hydroxyl groups excluding tert-OH is 1. The monoisotopic (exact) mass is 494 g/mol. The molecule has 0 saturated carbocycles. The van der Waals surface area contributed by atoms with E-state index in [2.05, 4.69) is 14.8 Å². The van der Waals surface area contributed by atoms with Crippen LogP contribution in [0.3, 0.4) is 0 Å². The lowest BCUT2D eigenvalue weighted by Crippen LogP contribution is -2.49. The number of allylic oxidation sites excluding steroid dienone is 1. The number of esters is 1. The normalized spacial score (nSPS) is 23.2. The second-order valence-electron chi connectivity index (χ2n) is 8.10. The van der Waals surface area contributed by atoms with E-state index in [1.165, 1.54) is 6.07 Å². The zero-order chi connectivity index (χ0) is 25.0. The van der Waals surface area contributed by atoms with Crippen molar-refractivity contribution in [2.24, 2.45) is 11.7 Å². The number of amides is 3. The van der Waals surface area contributed by atoms with Gasteiger partial charge in [0.25, 0.3) is 0 Å². The van der Waals surface area contributed by atoms with Gasteiger partial charge in [-0.2, -0.15) is 0 Å². The maximum atomic E-state index is 12.8. The summed E-state index contributed by atoms with van der Waals surface area (Å²) in [6.07, 6.45) is -0.215. The quantitative estimate of drug-likeness (QED) is 0.187. The highest BCUT2D eigenvalue weighted by Crippen LogP contribution is 2.19. The summed E-state index contributed by atoms with van der Waals surface area (Å²) in [5.41, 5.74) is 6.37. The SMILES string of the molecule is Cc1ccccc1S(=O)(=O)NCC1=CCC(C(N)=O)C(=O)N(CC(=O)NC2CC(=O)OC2O)C1. The number of aliphatic hydroxyl groups is 1. The van der Waals surface area contributed by atoms with E-state index < -0.39 is 58.5 Å². The number of primary amides is 1. The van der Waals surface area contributed by atoms with Crippen LogP contribution in [0.4, 0.5) is 0 Å². The van der Waals surface area contributed by atoms with Crippen molar-refractivity contribution in [3.8, 4) is 0 Å². The van der Waals surface area contributed by atoms with Crippen LogP contribution >= 0.6 is 0 Å². The van der Waals surface area contributed by atoms with Crippen LogP contribution in [0.25, 0.3) is 0 Å². The molecule has 3 amide bonds. The molecule has 5 N–H and O–H groups in total. The molecule has 1 aromatic carbocycles. The topological polar surface area (TPSA) is 185 Å². The van der Waals surface area contributed by atoms with Crippen molar-refractivity contribution in [3.63, 3.8) is 0 Å². The lowest BCUT2D eigenvalue weighted by molar-refractivity contribution is -0.155. The first-order valence-corrected chi connectivity index (χ1v) is 11.9. The molecule has 1 saturated heterocycles. The summed E-state index contributed by atoms with van der Waals surface area (Å²) in [6.45, 7) is 0.879. The molecule has 1 fully saturated rings. The van der Waals surface area contributed by atoms with Gasteiger partial charge in [0.1, 0.15) is 12.0 Å². The maximum absolute atomic E-state index is 12.8. The molecule has 2 aliphatic rings. The molecule has 0 aliphatic carbocycles. The van der Waals surface area contributed by atoms with Crippen molar-refractivity contribution in [2.45, 2.75) is 37.0 Å². The number of cyclic esters (lactones) is 1. The van der Waals surface area contributed by atoms with E-state index in [4.69, 9.17) is 5.73 Å². The average Bonchev–Trinajstić information content (AvgIpc) is 2.97. The Morgan fingerprint density at radius 3 is 2.59 bits per heavy atom. The number of carbonyl (C=O) groups is 4. The fraction of sp³-hybridized carbons (Fsp3) is 0.429. The van der Waals surface area contributed by atoms with Gasteiger partial charge >= 0.3 is 5.97 Å². The number of sulfonamides is 1. The molecule has 0 spiro atoms. The molecular formula is C21H26N4O8S. The van der Waals surface area contributed by atoms with Crippen LogP contribution < -0.4 is 15.8 Å². The van der Waals surface area contributed by atoms with Crippen LogP contribution in [0.2, 0.25) is 0 Å². The number of ether oxygens (including phenoxy) is 1. The second kappa shape index (κ2) is 10.3. The van der Waals surface area contributed by atoms with Crippen molar-refractivity contribution < 1.29 is 37.4 Å². The molecule has 1 aromatic rings. The first-order chi connectivity index (χ1) is 16.0. The Morgan fingerprint density at radius 2 is 1.97 bits per heavy atom. The molecule has 12 nitrogen and oxygen atoms in total. The van der Waals surface area contributed by atoms with Gasteiger partial charge < -0.3 is 25.8 Å². The Balaban J connectivity index is 1.71. The van der Waals surface area contributed by atoms with Crippen LogP contribution in [0.15, 0.2) is 40.8 Å². The molecular weight excluding hydrogens is 468 g/mol. The average molecular weight is 495 g/mol. The molecule has 3 rings (SSSR count). The fourth-order valence-corrected chi connectivity index (χ4v) is 4.99. The molecule has 3 atom stereocenters. The number of nitrogens with one attached hydrogen (secondary N) is 2. The van der Waals surface area contributed by atoms with Gasteiger partial charge in [-0.1, -0.05) is 24.3 Å². The molecule has 2 heterocycles. The standard InChI is InChI=1S/C21H26N4O8S/c1-12-4-2-3-5-16(12)34(31,32)23-9-13-6-7-14(19(22)28)20(29)25(10-13)11-17(26)24-15-8-18(27)33-21(15)30/h2-6,14-15,21,23,30H,7-11H2,1H3,(H2,22,28)(H,24,26). The van der Waals surface area contributed by atoms with E-state index >= 15 is 0 Å². The first kappa shape index (κ1) is 25.3. The predicted molar refractivity (Wildman–Crippen MR) is 117 cm³/mol. The number of benzene rings is 1. The molecule has 0 radical (unpaired) electrons. The predicted octanol–water partition coefficient (Wildman–Crippen LogP) is -1.72. The Bertz CT molecular complexity index is 1130. The van der Waals surface area contributed by atoms with E-state index in [1.54, 1.807) is 31.2 Å². The highest BCUT2D eigenvalue weighted by molar-refractivity contribution is 7.89. The number of hydrogen-bond acceptors (Lipinski definition) is 8. The molecule has 34 heavy (non-hydrogen) atoms. The Kier molecular flexibility index (Phi) is 7.69. The number of aryl methyl sites for hydroxylation is 1. The van der Waals surface area contributed by atoms with Crippen molar-refractivity contribution >= 4 is 33.7 Å². The van der Waals surface area contributed by atoms with Gasteiger partial charge in [0.2, 0.25) is 34.0 Å². The van der Waals surface area contributed by atoms with E-state index in [1.807, 2.05) is 0 Å². The van der Waals surface area contributed by atoms with Crippen molar-refractivity contribution in [1.29, 1.82) is 0 Å². The second-order valence-corrected chi connectivity index (χ2v) is 9.83. The van der Waals surface area contributed by atoms with Gasteiger partial charge in [-0.3, -0.25) is 19.2 Å². The fourth-order valence-electron chi connectivity index (χ4n) is 3.71. The van der Waals surface area contributed by atoms with Crippen LogP contribution in [0.1, 0.15) is 18.4 Å². The number of rotatable bonds is 8. The summed E-state index contributed by atoms with van der Waals surface area (Å²) in [5, 5.41) is 12.1. The highest BCUT2D eigenvalue weighted by Gasteiger charge is 2.36. The van der Waals surface area contributed by atoms with Crippen molar-refractivity contribution in [3.05, 3.63) is 41.5 Å². The van der Waals surface area contributed by atoms with Crippen molar-refractivity contribution in [1.82, 2.24) is 14.9 Å². The van der Waals surface area contributed by atoms with Gasteiger partial charge in [-0.15, -0.1) is 0 Å². The Morgan fingerprint density at radius 1 is 1.26 bits per heavy atom. The summed E-state index contributed by atoms with van der Waals surface area (Å²) in [6, 6.07) is 5.48. The number of nitrogens with zero attached hydrogens (tertiary/aromatic N) is 1. The van der Waals surface area contributed by atoms with E-state index in [0.29, 0.717) is 11.1 Å². The first-order valence-electron chi connectivity index (χ1n) is 10.5. The number of nitrogens with two attached hydrogens (primary N) is 1. The smallest absolute Gasteiger partial charge is 0.310 e. The van der Waals surface area contributed by atoms with Gasteiger partial charge in [0.05, 0.1) is 17.9 Å². The summed E-state index contributed by atoms with van der Waals surface area (Å²) in [7, 11) is -3.85. The van der Waals surface area contributed by atoms with E-state index in [0.717, 1.165) is 4.90 Å². The van der Waals surface area contributed by atoms with Crippen molar-refractivity contribution in [2.75, 3.05) is 19.6 Å². The van der Waals surface area contributed by atoms with Gasteiger partial charge in [0.15, 0.2) is 0 Å². The van der Waals surface area contributed by atoms with Crippen LogP contribution in [-0.4, -0.2) is 74.1 Å². The van der Waals surface area contributed by atoms with Crippen LogP contribution in [0.5, 0.6) is 0 Å². The number of carbonyl (C=O) groups excluding carboxylic acids is 4. The van der Waals surface area contributed by atoms with E-state index in [-0.39, 0.29) is 30.8 Å². The summed E-state index contributed by atoms with van der Waals surface area (Å²) in [5.74, 6) is -4.15. The molecule has 3 unspecified atom stereocenters.